The van der Waals surface area contributed by atoms with E-state index < -0.39 is 11.2 Å². The number of pyridine rings is 1. The van der Waals surface area contributed by atoms with Crippen LogP contribution in [0.4, 0.5) is 0 Å². The lowest BCUT2D eigenvalue weighted by Gasteiger charge is -2.23. The second kappa shape index (κ2) is 8.50. The zero-order chi connectivity index (χ0) is 20.2. The highest BCUT2D eigenvalue weighted by Crippen LogP contribution is 2.42. The number of carboxylic acids is 1. The molecule has 1 aliphatic carbocycles. The Morgan fingerprint density at radius 2 is 1.69 bits per heavy atom. The molecule has 1 aliphatic rings. The number of nitrogens with zero attached hydrogens (tertiary/aromatic N) is 2. The minimum Gasteiger partial charge on any atom is -0.480 e. The highest BCUT2D eigenvalue weighted by Gasteiger charge is 2.28. The molecule has 5 heteroatoms. The third-order valence-corrected chi connectivity index (χ3v) is 6.40. The largest absolute Gasteiger partial charge is 0.480 e. The quantitative estimate of drug-likeness (QED) is 0.579. The van der Waals surface area contributed by atoms with Crippen molar-refractivity contribution in [2.45, 2.75) is 36.0 Å². The molecule has 0 fully saturated rings. The van der Waals surface area contributed by atoms with Crippen LogP contribution >= 0.6 is 11.8 Å². The molecule has 2 aromatic carbocycles. The number of hydrogen-bond donors (Lipinski definition) is 1. The van der Waals surface area contributed by atoms with Gasteiger partial charge < -0.3 is 5.11 Å². The summed E-state index contributed by atoms with van der Waals surface area (Å²) < 4.78 is 0. The van der Waals surface area contributed by atoms with Gasteiger partial charge in [-0.3, -0.25) is 4.79 Å². The topological polar surface area (TPSA) is 74.0 Å². The Labute approximate surface area is 174 Å². The van der Waals surface area contributed by atoms with E-state index in [1.807, 2.05) is 48.5 Å². The van der Waals surface area contributed by atoms with Gasteiger partial charge in [0.25, 0.3) is 0 Å². The Morgan fingerprint density at radius 1 is 1.03 bits per heavy atom. The molecule has 1 unspecified atom stereocenters. The van der Waals surface area contributed by atoms with Gasteiger partial charge in [0.15, 0.2) is 0 Å². The van der Waals surface area contributed by atoms with E-state index in [0.29, 0.717) is 16.2 Å². The van der Waals surface area contributed by atoms with Crippen molar-refractivity contribution < 1.29 is 9.90 Å². The molecule has 0 bridgehead atoms. The first-order valence-corrected chi connectivity index (χ1v) is 10.5. The normalized spacial score (nSPS) is 13.9. The van der Waals surface area contributed by atoms with Gasteiger partial charge in [0.05, 0.1) is 5.56 Å². The Morgan fingerprint density at radius 3 is 2.34 bits per heavy atom. The smallest absolute Gasteiger partial charge is 0.321 e. The molecule has 1 atom stereocenters. The van der Waals surface area contributed by atoms with E-state index in [4.69, 9.17) is 4.98 Å². The molecule has 0 radical (unpaired) electrons. The number of thioether (sulfide) groups is 1. The molecule has 4 nitrogen and oxygen atoms in total. The van der Waals surface area contributed by atoms with Crippen LogP contribution in [0.2, 0.25) is 0 Å². The number of benzene rings is 2. The summed E-state index contributed by atoms with van der Waals surface area (Å²) in [6, 6.07) is 21.3. The van der Waals surface area contributed by atoms with Crippen LogP contribution in [0.3, 0.4) is 0 Å². The number of rotatable bonds is 5. The number of carbonyl (C=O) groups is 1. The molecule has 144 valence electrons. The molecule has 4 rings (SSSR count). The molecule has 1 N–H and O–H groups in total. The molecule has 0 aliphatic heterocycles. The van der Waals surface area contributed by atoms with Crippen molar-refractivity contribution in [2.24, 2.45) is 0 Å². The van der Waals surface area contributed by atoms with Crippen LogP contribution in [0.25, 0.3) is 11.1 Å². The van der Waals surface area contributed by atoms with E-state index in [9.17, 15) is 15.2 Å². The molecule has 29 heavy (non-hydrogen) atoms. The lowest BCUT2D eigenvalue weighted by Crippen LogP contribution is -2.13. The van der Waals surface area contributed by atoms with E-state index in [-0.39, 0.29) is 0 Å². The highest BCUT2D eigenvalue weighted by atomic mass is 32.2. The minimum atomic E-state index is -0.939. The summed E-state index contributed by atoms with van der Waals surface area (Å²) in [6.07, 6.45) is 3.89. The van der Waals surface area contributed by atoms with Crippen molar-refractivity contribution in [3.8, 4) is 17.2 Å². The van der Waals surface area contributed by atoms with E-state index in [1.165, 1.54) is 0 Å². The monoisotopic (exact) mass is 400 g/mol. The molecule has 1 heterocycles. The molecule has 0 saturated heterocycles. The van der Waals surface area contributed by atoms with Crippen molar-refractivity contribution in [1.82, 2.24) is 4.98 Å². The molecule has 0 amide bonds. The third kappa shape index (κ3) is 3.90. The summed E-state index contributed by atoms with van der Waals surface area (Å²) in [7, 11) is 0. The maximum absolute atomic E-state index is 12.0. The van der Waals surface area contributed by atoms with Gasteiger partial charge >= 0.3 is 5.97 Å². The Bertz CT molecular complexity index is 1080. The minimum absolute atomic E-state index is 0.476. The van der Waals surface area contributed by atoms with Crippen LogP contribution in [0.5, 0.6) is 0 Å². The number of aliphatic carboxylic acids is 1. The van der Waals surface area contributed by atoms with Gasteiger partial charge in [-0.1, -0.05) is 72.4 Å². The highest BCUT2D eigenvalue weighted by molar-refractivity contribution is 8.00. The predicted molar refractivity (Wildman–Crippen MR) is 114 cm³/mol. The fourth-order valence-electron chi connectivity index (χ4n) is 3.83. The van der Waals surface area contributed by atoms with Crippen molar-refractivity contribution in [3.63, 3.8) is 0 Å². The van der Waals surface area contributed by atoms with Crippen molar-refractivity contribution in [3.05, 3.63) is 83.0 Å². The number of aromatic nitrogens is 1. The lowest BCUT2D eigenvalue weighted by atomic mass is 9.87. The van der Waals surface area contributed by atoms with Crippen LogP contribution < -0.4 is 0 Å². The van der Waals surface area contributed by atoms with Crippen molar-refractivity contribution in [2.75, 3.05) is 0 Å². The average molecular weight is 401 g/mol. The average Bonchev–Trinajstić information content (AvgIpc) is 2.77. The number of nitriles is 1. The van der Waals surface area contributed by atoms with Crippen molar-refractivity contribution in [1.29, 1.82) is 5.26 Å². The first-order chi connectivity index (χ1) is 14.2. The maximum atomic E-state index is 12.0. The van der Waals surface area contributed by atoms with E-state index in [0.717, 1.165) is 59.8 Å². The Kier molecular flexibility index (Phi) is 5.64. The van der Waals surface area contributed by atoms with Crippen LogP contribution in [0.15, 0.2) is 65.7 Å². The molecule has 1 aromatic heterocycles. The van der Waals surface area contributed by atoms with Crippen LogP contribution in [0.1, 0.15) is 40.5 Å². The van der Waals surface area contributed by atoms with E-state index in [2.05, 4.69) is 6.07 Å². The summed E-state index contributed by atoms with van der Waals surface area (Å²) in [5.74, 6) is -0.939. The van der Waals surface area contributed by atoms with Crippen LogP contribution in [0, 0.1) is 11.3 Å². The van der Waals surface area contributed by atoms with Gasteiger partial charge in [0, 0.05) is 11.3 Å². The lowest BCUT2D eigenvalue weighted by molar-refractivity contribution is -0.136. The number of aryl methyl sites for hydroxylation is 1. The van der Waals surface area contributed by atoms with Crippen LogP contribution in [-0.2, 0) is 17.6 Å². The van der Waals surface area contributed by atoms with E-state index >= 15 is 0 Å². The van der Waals surface area contributed by atoms with Crippen molar-refractivity contribution >= 4 is 17.7 Å². The second-order valence-corrected chi connectivity index (χ2v) is 8.12. The Balaban J connectivity index is 1.88. The van der Waals surface area contributed by atoms with Gasteiger partial charge in [0.1, 0.15) is 16.3 Å². The SMILES string of the molecule is N#Cc1c(SC(C(=O)O)c2ccccc2)nc2c(c1-c1ccccc1)CCCC2. The zero-order valence-corrected chi connectivity index (χ0v) is 16.7. The molecular weight excluding hydrogens is 380 g/mol. The summed E-state index contributed by atoms with van der Waals surface area (Å²) in [6.45, 7) is 0. The molecule has 0 saturated carbocycles. The fourth-order valence-corrected chi connectivity index (χ4v) is 4.88. The Hall–Kier alpha value is -3.10. The molecular formula is C24H20N2O2S. The van der Waals surface area contributed by atoms with E-state index in [1.54, 1.807) is 12.1 Å². The van der Waals surface area contributed by atoms with Gasteiger partial charge in [-0.2, -0.15) is 5.26 Å². The standard InChI is InChI=1S/C24H20N2O2S/c25-15-19-21(16-9-3-1-4-10-16)18-13-7-8-14-20(18)26-23(19)29-22(24(27)28)17-11-5-2-6-12-17/h1-6,9-12,22H,7-8,13-14H2,(H,27,28). The number of fused-ring (bicyclic) bond motifs is 1. The fraction of sp³-hybridized carbons (Fsp3) is 0.208. The van der Waals surface area contributed by atoms with Crippen LogP contribution in [-0.4, -0.2) is 16.1 Å². The third-order valence-electron chi connectivity index (χ3n) is 5.17. The van der Waals surface area contributed by atoms with Gasteiger partial charge in [0.2, 0.25) is 0 Å². The summed E-state index contributed by atoms with van der Waals surface area (Å²) in [4.78, 5) is 16.8. The predicted octanol–water partition coefficient (Wildman–Crippen LogP) is 5.42. The maximum Gasteiger partial charge on any atom is 0.321 e. The van der Waals surface area contributed by atoms with Gasteiger partial charge in [-0.15, -0.1) is 0 Å². The number of hydrogen-bond acceptors (Lipinski definition) is 4. The first-order valence-electron chi connectivity index (χ1n) is 9.64. The summed E-state index contributed by atoms with van der Waals surface area (Å²) in [5, 5.41) is 19.6. The molecule has 0 spiro atoms. The number of carboxylic acid groups (broad SMARTS) is 1. The summed E-state index contributed by atoms with van der Waals surface area (Å²) >= 11 is 1.15. The molecule has 3 aromatic rings. The first kappa shape index (κ1) is 19.2. The second-order valence-electron chi connectivity index (χ2n) is 7.02. The zero-order valence-electron chi connectivity index (χ0n) is 15.8. The van der Waals surface area contributed by atoms with Gasteiger partial charge in [-0.25, -0.2) is 4.98 Å². The van der Waals surface area contributed by atoms with Gasteiger partial charge in [-0.05, 0) is 42.4 Å². The summed E-state index contributed by atoms with van der Waals surface area (Å²) in [5.41, 5.74) is 5.19.